The van der Waals surface area contributed by atoms with Gasteiger partial charge in [0.15, 0.2) is 0 Å². The number of amides is 3. The molecule has 0 radical (unpaired) electrons. The Kier molecular flexibility index (Phi) is 10.3. The molecule has 2 aromatic rings. The number of rotatable bonds is 10. The Morgan fingerprint density at radius 3 is 2.30 bits per heavy atom. The van der Waals surface area contributed by atoms with Crippen molar-refractivity contribution in [2.75, 3.05) is 38.2 Å². The molecule has 0 bridgehead atoms. The Morgan fingerprint density at radius 1 is 1.07 bits per heavy atom. The number of hydrogen-bond acceptors (Lipinski definition) is 7. The molecule has 5 rings (SSSR count). The van der Waals surface area contributed by atoms with Gasteiger partial charge in [-0.15, -0.1) is 0 Å². The zero-order valence-electron chi connectivity index (χ0n) is 25.2. The second-order valence-electron chi connectivity index (χ2n) is 11.9. The number of benzene rings is 2. The van der Waals surface area contributed by atoms with E-state index in [2.05, 4.69) is 22.5 Å². The molecule has 9 nitrogen and oxygen atoms in total. The smallest absolute Gasteiger partial charge is 0.251 e. The molecule has 3 N–H and O–H groups in total. The molecule has 3 heterocycles. The number of nitrogens with zero attached hydrogens (tertiary/aromatic N) is 2. The van der Waals surface area contributed by atoms with Crippen LogP contribution in [0.5, 0.6) is 11.5 Å². The summed E-state index contributed by atoms with van der Waals surface area (Å²) in [6.07, 6.45) is 3.82. The lowest BCUT2D eigenvalue weighted by molar-refractivity contribution is -0.165. The number of carbonyl (C=O) groups excluding carboxylic acids is 3. The summed E-state index contributed by atoms with van der Waals surface area (Å²) >= 11 is 1.88. The first-order valence-electron chi connectivity index (χ1n) is 15.5. The summed E-state index contributed by atoms with van der Waals surface area (Å²) in [6, 6.07) is 14.1. The number of likely N-dealkylation sites (tertiary alicyclic amines) is 1. The molecule has 3 aliphatic rings. The minimum Gasteiger partial charge on any atom is -0.457 e. The van der Waals surface area contributed by atoms with Crippen molar-refractivity contribution in [3.8, 4) is 11.5 Å². The van der Waals surface area contributed by atoms with E-state index in [-0.39, 0.29) is 23.6 Å². The Bertz CT molecular complexity index is 1260. The summed E-state index contributed by atoms with van der Waals surface area (Å²) < 4.78 is 5.95. The van der Waals surface area contributed by atoms with Gasteiger partial charge in [-0.05, 0) is 91.5 Å². The van der Waals surface area contributed by atoms with Crippen molar-refractivity contribution >= 4 is 29.5 Å². The van der Waals surface area contributed by atoms with Crippen molar-refractivity contribution in [2.45, 2.75) is 69.7 Å². The van der Waals surface area contributed by atoms with Crippen LogP contribution in [0.2, 0.25) is 0 Å². The Balaban J connectivity index is 1.19. The minimum atomic E-state index is -0.855. The van der Waals surface area contributed by atoms with Crippen LogP contribution in [0.25, 0.3) is 0 Å². The summed E-state index contributed by atoms with van der Waals surface area (Å²) in [5, 5.41) is 16.8. The Labute approximate surface area is 258 Å². The predicted molar refractivity (Wildman–Crippen MR) is 168 cm³/mol. The van der Waals surface area contributed by atoms with E-state index in [1.54, 1.807) is 31.3 Å². The highest BCUT2D eigenvalue weighted by Gasteiger charge is 2.55. The van der Waals surface area contributed by atoms with Gasteiger partial charge in [-0.25, -0.2) is 0 Å². The van der Waals surface area contributed by atoms with Crippen molar-refractivity contribution in [1.29, 1.82) is 0 Å². The number of unbranched alkanes of at least 4 members (excludes halogenated alkanes) is 1. The third-order valence-corrected chi connectivity index (χ3v) is 10.2. The largest absolute Gasteiger partial charge is 0.457 e. The molecular formula is C33H44N4O5S. The first-order chi connectivity index (χ1) is 20.8. The SMILES string of the molecule is CCCCN1C(=O)[C@@H]([C@H](O)C2CCSCC2)NC(=O)C12CCN(Cc1ccc(Oc3ccc(C(=O)NC)cc3)cc1)CC2. The summed E-state index contributed by atoms with van der Waals surface area (Å²) in [4.78, 5) is 43.5. The number of nitrogens with one attached hydrogen (secondary N) is 2. The second kappa shape index (κ2) is 14.1. The molecule has 0 aliphatic carbocycles. The van der Waals surface area contributed by atoms with Gasteiger partial charge in [0.05, 0.1) is 6.10 Å². The number of thioether (sulfide) groups is 1. The molecule has 0 saturated carbocycles. The highest BCUT2D eigenvalue weighted by molar-refractivity contribution is 7.99. The van der Waals surface area contributed by atoms with Gasteiger partial charge in [0.25, 0.3) is 5.91 Å². The number of hydrogen-bond donors (Lipinski definition) is 3. The van der Waals surface area contributed by atoms with Crippen LogP contribution in [-0.2, 0) is 16.1 Å². The van der Waals surface area contributed by atoms with Crippen LogP contribution in [0.15, 0.2) is 48.5 Å². The molecule has 2 atom stereocenters. The van der Waals surface area contributed by atoms with Crippen LogP contribution < -0.4 is 15.4 Å². The van der Waals surface area contributed by atoms with Crippen molar-refractivity contribution in [2.24, 2.45) is 5.92 Å². The first kappa shape index (κ1) is 31.3. The average Bonchev–Trinajstić information content (AvgIpc) is 3.04. The van der Waals surface area contributed by atoms with Gasteiger partial charge < -0.3 is 25.4 Å². The Hall–Kier alpha value is -3.08. The molecule has 3 amide bonds. The fourth-order valence-electron chi connectivity index (χ4n) is 6.49. The molecule has 1 spiro atoms. The van der Waals surface area contributed by atoms with Crippen LogP contribution in [-0.4, -0.2) is 88.5 Å². The summed E-state index contributed by atoms with van der Waals surface area (Å²) in [5.41, 5.74) is 0.860. The Morgan fingerprint density at radius 2 is 1.70 bits per heavy atom. The lowest BCUT2D eigenvalue weighted by atomic mass is 9.79. The fourth-order valence-corrected chi connectivity index (χ4v) is 7.64. The number of carbonyl (C=O) groups is 3. The number of aliphatic hydroxyl groups is 1. The molecule has 3 saturated heterocycles. The van der Waals surface area contributed by atoms with Gasteiger partial charge in [0.1, 0.15) is 23.1 Å². The number of aliphatic hydroxyl groups excluding tert-OH is 1. The lowest BCUT2D eigenvalue weighted by Crippen LogP contribution is -2.75. The average molecular weight is 609 g/mol. The van der Waals surface area contributed by atoms with Gasteiger partial charge in [-0.3, -0.25) is 19.3 Å². The number of piperidine rings is 1. The summed E-state index contributed by atoms with van der Waals surface area (Å²) in [5.74, 6) is 3.02. The maximum atomic E-state index is 13.8. The molecule has 0 unspecified atom stereocenters. The monoisotopic (exact) mass is 608 g/mol. The molecule has 232 valence electrons. The number of ether oxygens (including phenoxy) is 1. The van der Waals surface area contributed by atoms with Gasteiger partial charge in [-0.1, -0.05) is 25.5 Å². The molecule has 43 heavy (non-hydrogen) atoms. The molecule has 3 aliphatic heterocycles. The topological polar surface area (TPSA) is 111 Å². The van der Waals surface area contributed by atoms with E-state index >= 15 is 0 Å². The van der Waals surface area contributed by atoms with E-state index < -0.39 is 17.7 Å². The van der Waals surface area contributed by atoms with Gasteiger partial charge in [-0.2, -0.15) is 11.8 Å². The normalized spacial score (nSPS) is 21.8. The van der Waals surface area contributed by atoms with Crippen molar-refractivity contribution in [1.82, 2.24) is 20.4 Å². The van der Waals surface area contributed by atoms with Gasteiger partial charge >= 0.3 is 0 Å². The van der Waals surface area contributed by atoms with Crippen LogP contribution in [0.1, 0.15) is 61.4 Å². The summed E-state index contributed by atoms with van der Waals surface area (Å²) in [6.45, 7) is 4.78. The van der Waals surface area contributed by atoms with Crippen molar-refractivity contribution in [3.05, 3.63) is 59.7 Å². The minimum absolute atomic E-state index is 0.0470. The van der Waals surface area contributed by atoms with Crippen LogP contribution >= 0.6 is 11.8 Å². The van der Waals surface area contributed by atoms with Crippen molar-refractivity contribution < 1.29 is 24.2 Å². The highest BCUT2D eigenvalue weighted by Crippen LogP contribution is 2.36. The molecule has 2 aromatic carbocycles. The standard InChI is InChI=1S/C33H44N4O5S/c1-3-4-17-37-31(40)28(29(38)24-13-20-43-21-14-24)35-32(41)33(37)15-18-36(19-16-33)22-23-5-9-26(10-6-23)42-27-11-7-25(8-12-27)30(39)34-2/h5-12,24,28-29,38H,3-4,13-22H2,1-2H3,(H,34,39)(H,35,41)/t28-,29-/m1/s1. The lowest BCUT2D eigenvalue weighted by Gasteiger charge is -2.52. The predicted octanol–water partition coefficient (Wildman–Crippen LogP) is 3.80. The maximum Gasteiger partial charge on any atom is 0.251 e. The van der Waals surface area contributed by atoms with Gasteiger partial charge in [0, 0.05) is 38.8 Å². The first-order valence-corrected chi connectivity index (χ1v) is 16.7. The van der Waals surface area contributed by atoms with Crippen LogP contribution in [0.4, 0.5) is 0 Å². The third kappa shape index (κ3) is 7.02. The maximum absolute atomic E-state index is 13.8. The fraction of sp³-hybridized carbons (Fsp3) is 0.545. The zero-order valence-corrected chi connectivity index (χ0v) is 26.0. The summed E-state index contributed by atoms with van der Waals surface area (Å²) in [7, 11) is 1.60. The van der Waals surface area contributed by atoms with E-state index in [1.807, 2.05) is 40.9 Å². The third-order valence-electron chi connectivity index (χ3n) is 9.18. The van der Waals surface area contributed by atoms with E-state index in [0.29, 0.717) is 49.5 Å². The highest BCUT2D eigenvalue weighted by atomic mass is 32.2. The molecule has 3 fully saturated rings. The quantitative estimate of drug-likeness (QED) is 0.376. The van der Waals surface area contributed by atoms with Gasteiger partial charge in [0.2, 0.25) is 11.8 Å². The van der Waals surface area contributed by atoms with E-state index in [4.69, 9.17) is 4.74 Å². The number of piperazine rings is 1. The zero-order chi connectivity index (χ0) is 30.4. The van der Waals surface area contributed by atoms with Crippen molar-refractivity contribution in [3.63, 3.8) is 0 Å². The molecule has 0 aromatic heterocycles. The van der Waals surface area contributed by atoms with E-state index in [1.165, 1.54) is 0 Å². The van der Waals surface area contributed by atoms with E-state index in [9.17, 15) is 19.5 Å². The second-order valence-corrected chi connectivity index (χ2v) is 13.1. The van der Waals surface area contributed by atoms with E-state index in [0.717, 1.165) is 49.3 Å². The molecular weight excluding hydrogens is 564 g/mol. The van der Waals surface area contributed by atoms with Crippen LogP contribution in [0, 0.1) is 5.92 Å². The van der Waals surface area contributed by atoms with Crippen LogP contribution in [0.3, 0.4) is 0 Å². The molecule has 10 heteroatoms.